The number of hydrogen-bond acceptors (Lipinski definition) is 4. The Morgan fingerprint density at radius 3 is 2.60 bits per heavy atom. The number of halogens is 1. The van der Waals surface area contributed by atoms with Crippen molar-refractivity contribution >= 4 is 34.9 Å². The molecule has 0 atom stereocenters. The van der Waals surface area contributed by atoms with Crippen LogP contribution in [-0.4, -0.2) is 21.8 Å². The standard InChI is InChI=1S/C13H11ClN4O2/c1-8(19)17-10-3-2-6-15-12(10)18-13(20)11-5-4-9(14)7-16-11/h2-7H,1H3,(H,17,19)(H,15,18,20). The molecule has 0 aliphatic heterocycles. The van der Waals surface area contributed by atoms with E-state index in [2.05, 4.69) is 20.6 Å². The average molecular weight is 291 g/mol. The summed E-state index contributed by atoms with van der Waals surface area (Å²) in [6, 6.07) is 6.36. The van der Waals surface area contributed by atoms with Gasteiger partial charge in [-0.05, 0) is 24.3 Å². The minimum Gasteiger partial charge on any atom is -0.323 e. The summed E-state index contributed by atoms with van der Waals surface area (Å²) >= 11 is 5.71. The highest BCUT2D eigenvalue weighted by Crippen LogP contribution is 2.18. The van der Waals surface area contributed by atoms with E-state index < -0.39 is 5.91 Å². The van der Waals surface area contributed by atoms with Crippen LogP contribution in [-0.2, 0) is 4.79 Å². The lowest BCUT2D eigenvalue weighted by atomic mass is 10.3. The van der Waals surface area contributed by atoms with Crippen molar-refractivity contribution in [2.75, 3.05) is 10.6 Å². The number of nitrogens with one attached hydrogen (secondary N) is 2. The molecule has 102 valence electrons. The Morgan fingerprint density at radius 2 is 1.95 bits per heavy atom. The minimum atomic E-state index is -0.438. The normalized spacial score (nSPS) is 9.90. The van der Waals surface area contributed by atoms with E-state index >= 15 is 0 Å². The number of anilines is 2. The fourth-order valence-corrected chi connectivity index (χ4v) is 1.59. The van der Waals surface area contributed by atoms with Crippen LogP contribution in [0, 0.1) is 0 Å². The topological polar surface area (TPSA) is 84.0 Å². The monoisotopic (exact) mass is 290 g/mol. The van der Waals surface area contributed by atoms with Gasteiger partial charge in [0.2, 0.25) is 5.91 Å². The van der Waals surface area contributed by atoms with E-state index in [0.29, 0.717) is 10.7 Å². The molecule has 0 aliphatic carbocycles. The molecule has 7 heteroatoms. The number of aromatic nitrogens is 2. The second-order valence-corrected chi connectivity index (χ2v) is 4.33. The second-order valence-electron chi connectivity index (χ2n) is 3.90. The van der Waals surface area contributed by atoms with Crippen LogP contribution in [0.3, 0.4) is 0 Å². The molecule has 0 radical (unpaired) electrons. The molecule has 6 nitrogen and oxygen atoms in total. The van der Waals surface area contributed by atoms with Gasteiger partial charge in [-0.15, -0.1) is 0 Å². The zero-order valence-electron chi connectivity index (χ0n) is 10.6. The molecule has 0 fully saturated rings. The maximum Gasteiger partial charge on any atom is 0.275 e. The summed E-state index contributed by atoms with van der Waals surface area (Å²) in [5.74, 6) is -0.436. The highest BCUT2D eigenvalue weighted by atomic mass is 35.5. The van der Waals surface area contributed by atoms with E-state index in [0.717, 1.165) is 0 Å². The van der Waals surface area contributed by atoms with E-state index in [4.69, 9.17) is 11.6 Å². The van der Waals surface area contributed by atoms with Crippen molar-refractivity contribution < 1.29 is 9.59 Å². The van der Waals surface area contributed by atoms with Crippen LogP contribution in [0.2, 0.25) is 5.02 Å². The molecule has 2 heterocycles. The first kappa shape index (κ1) is 14.0. The Bertz CT molecular complexity index is 643. The summed E-state index contributed by atoms with van der Waals surface area (Å²) in [6.07, 6.45) is 2.89. The molecule has 0 saturated carbocycles. The number of pyridine rings is 2. The SMILES string of the molecule is CC(=O)Nc1cccnc1NC(=O)c1ccc(Cl)cn1. The molecular formula is C13H11ClN4O2. The second kappa shape index (κ2) is 6.12. The number of rotatable bonds is 3. The number of nitrogens with zero attached hydrogens (tertiary/aromatic N) is 2. The minimum absolute atomic E-state index is 0.203. The zero-order valence-corrected chi connectivity index (χ0v) is 11.3. The van der Waals surface area contributed by atoms with Gasteiger partial charge in [0.25, 0.3) is 5.91 Å². The molecule has 0 aromatic carbocycles. The molecule has 0 unspecified atom stereocenters. The quantitative estimate of drug-likeness (QED) is 0.909. The summed E-state index contributed by atoms with van der Waals surface area (Å²) in [4.78, 5) is 31.0. The smallest absolute Gasteiger partial charge is 0.275 e. The fourth-order valence-electron chi connectivity index (χ4n) is 1.48. The van der Waals surface area contributed by atoms with Crippen molar-refractivity contribution in [2.45, 2.75) is 6.92 Å². The lowest BCUT2D eigenvalue weighted by Gasteiger charge is -2.09. The van der Waals surface area contributed by atoms with Crippen molar-refractivity contribution in [3.8, 4) is 0 Å². The van der Waals surface area contributed by atoms with Gasteiger partial charge in [-0.1, -0.05) is 11.6 Å². The van der Waals surface area contributed by atoms with Crippen LogP contribution in [0.5, 0.6) is 0 Å². The highest BCUT2D eigenvalue weighted by molar-refractivity contribution is 6.30. The van der Waals surface area contributed by atoms with Crippen molar-refractivity contribution in [1.29, 1.82) is 0 Å². The summed E-state index contributed by atoms with van der Waals surface area (Å²) in [7, 11) is 0. The van der Waals surface area contributed by atoms with Crippen LogP contribution in [0.4, 0.5) is 11.5 Å². The Hall–Kier alpha value is -2.47. The van der Waals surface area contributed by atoms with Gasteiger partial charge in [0, 0.05) is 19.3 Å². The molecule has 0 bridgehead atoms. The molecular weight excluding hydrogens is 280 g/mol. The number of carbonyl (C=O) groups excluding carboxylic acids is 2. The van der Waals surface area contributed by atoms with Crippen molar-refractivity contribution in [3.63, 3.8) is 0 Å². The van der Waals surface area contributed by atoms with Gasteiger partial charge in [-0.2, -0.15) is 0 Å². The third-order valence-electron chi connectivity index (χ3n) is 2.31. The van der Waals surface area contributed by atoms with E-state index in [1.54, 1.807) is 18.2 Å². The Labute approximate surface area is 120 Å². The lowest BCUT2D eigenvalue weighted by Crippen LogP contribution is -2.17. The maximum absolute atomic E-state index is 12.0. The molecule has 2 amide bonds. The fraction of sp³-hybridized carbons (Fsp3) is 0.0769. The molecule has 2 aromatic heterocycles. The maximum atomic E-state index is 12.0. The third-order valence-corrected chi connectivity index (χ3v) is 2.53. The van der Waals surface area contributed by atoms with E-state index in [1.165, 1.54) is 25.4 Å². The first-order valence-corrected chi connectivity index (χ1v) is 6.09. The van der Waals surface area contributed by atoms with Crippen LogP contribution in [0.15, 0.2) is 36.7 Å². The van der Waals surface area contributed by atoms with Crippen LogP contribution >= 0.6 is 11.6 Å². The third kappa shape index (κ3) is 3.52. The summed E-state index contributed by atoms with van der Waals surface area (Å²) in [6.45, 7) is 1.37. The molecule has 0 spiro atoms. The molecule has 2 aromatic rings. The van der Waals surface area contributed by atoms with Crippen molar-refractivity contribution in [3.05, 3.63) is 47.4 Å². The van der Waals surface area contributed by atoms with Gasteiger partial charge >= 0.3 is 0 Å². The highest BCUT2D eigenvalue weighted by Gasteiger charge is 2.11. The van der Waals surface area contributed by atoms with Crippen LogP contribution < -0.4 is 10.6 Å². The molecule has 0 saturated heterocycles. The molecule has 0 aliphatic rings. The van der Waals surface area contributed by atoms with Crippen LogP contribution in [0.25, 0.3) is 0 Å². The molecule has 20 heavy (non-hydrogen) atoms. The van der Waals surface area contributed by atoms with E-state index in [9.17, 15) is 9.59 Å². The lowest BCUT2D eigenvalue weighted by molar-refractivity contribution is -0.114. The summed E-state index contributed by atoms with van der Waals surface area (Å²) in [5.41, 5.74) is 0.621. The predicted molar refractivity (Wildman–Crippen MR) is 75.7 cm³/mol. The number of hydrogen-bond donors (Lipinski definition) is 2. The average Bonchev–Trinajstić information content (AvgIpc) is 2.41. The van der Waals surface area contributed by atoms with Crippen molar-refractivity contribution in [1.82, 2.24) is 9.97 Å². The van der Waals surface area contributed by atoms with Crippen LogP contribution in [0.1, 0.15) is 17.4 Å². The van der Waals surface area contributed by atoms with E-state index in [-0.39, 0.29) is 17.4 Å². The molecule has 2 rings (SSSR count). The number of amides is 2. The zero-order chi connectivity index (χ0) is 14.5. The van der Waals surface area contributed by atoms with Crippen molar-refractivity contribution in [2.24, 2.45) is 0 Å². The van der Waals surface area contributed by atoms with Gasteiger partial charge in [0.05, 0.1) is 10.7 Å². The summed E-state index contributed by atoms with van der Waals surface area (Å²) < 4.78 is 0. The van der Waals surface area contributed by atoms with Gasteiger partial charge < -0.3 is 10.6 Å². The van der Waals surface area contributed by atoms with Gasteiger partial charge in [-0.3, -0.25) is 9.59 Å². The number of carbonyl (C=O) groups is 2. The Balaban J connectivity index is 2.19. The Morgan fingerprint density at radius 1 is 1.15 bits per heavy atom. The largest absolute Gasteiger partial charge is 0.323 e. The first-order valence-electron chi connectivity index (χ1n) is 5.72. The Kier molecular flexibility index (Phi) is 4.27. The first-order chi connectivity index (χ1) is 9.56. The predicted octanol–water partition coefficient (Wildman–Crippen LogP) is 2.34. The molecule has 2 N–H and O–H groups in total. The van der Waals surface area contributed by atoms with Gasteiger partial charge in [0.1, 0.15) is 5.69 Å². The van der Waals surface area contributed by atoms with Gasteiger partial charge in [-0.25, -0.2) is 9.97 Å². The van der Waals surface area contributed by atoms with Gasteiger partial charge in [0.15, 0.2) is 5.82 Å². The summed E-state index contributed by atoms with van der Waals surface area (Å²) in [5, 5.41) is 5.61. The van der Waals surface area contributed by atoms with E-state index in [1.807, 2.05) is 0 Å².